The molecule has 0 atom stereocenters. The van der Waals surface area contributed by atoms with E-state index < -0.39 is 0 Å². The molecular formula is C15H14N2O2S. The monoisotopic (exact) mass is 286 g/mol. The van der Waals surface area contributed by atoms with Crippen LogP contribution in [-0.4, -0.2) is 11.8 Å². The first-order valence-corrected chi connectivity index (χ1v) is 7.20. The summed E-state index contributed by atoms with van der Waals surface area (Å²) < 4.78 is 10.8. The van der Waals surface area contributed by atoms with Gasteiger partial charge in [-0.2, -0.15) is 0 Å². The highest BCUT2D eigenvalue weighted by molar-refractivity contribution is 7.13. The molecule has 0 unspecified atom stereocenters. The van der Waals surface area contributed by atoms with Crippen LogP contribution < -0.4 is 10.5 Å². The Morgan fingerprint density at radius 1 is 1.25 bits per heavy atom. The predicted molar refractivity (Wildman–Crippen MR) is 80.8 cm³/mol. The van der Waals surface area contributed by atoms with Gasteiger partial charge in [-0.1, -0.05) is 23.4 Å². The molecule has 2 aromatic heterocycles. The highest BCUT2D eigenvalue weighted by atomic mass is 32.1. The van der Waals surface area contributed by atoms with Gasteiger partial charge in [0.25, 0.3) is 0 Å². The van der Waals surface area contributed by atoms with E-state index in [2.05, 4.69) is 5.16 Å². The Balaban J connectivity index is 2.17. The fourth-order valence-corrected chi connectivity index (χ4v) is 2.87. The van der Waals surface area contributed by atoms with Crippen molar-refractivity contribution in [2.45, 2.75) is 6.92 Å². The Morgan fingerprint density at radius 2 is 2.10 bits per heavy atom. The number of thiophene rings is 1. The summed E-state index contributed by atoms with van der Waals surface area (Å²) in [5, 5.41) is 6.11. The minimum Gasteiger partial charge on any atom is -0.493 e. The molecule has 2 heterocycles. The van der Waals surface area contributed by atoms with Crippen LogP contribution >= 0.6 is 11.3 Å². The van der Waals surface area contributed by atoms with Crippen molar-refractivity contribution in [1.29, 1.82) is 0 Å². The molecule has 0 saturated carbocycles. The first-order valence-electron chi connectivity index (χ1n) is 6.32. The van der Waals surface area contributed by atoms with E-state index in [0.717, 1.165) is 21.8 Å². The first-order chi connectivity index (χ1) is 9.81. The average Bonchev–Trinajstić information content (AvgIpc) is 3.09. The molecule has 0 spiro atoms. The number of hydrogen-bond acceptors (Lipinski definition) is 5. The van der Waals surface area contributed by atoms with Gasteiger partial charge in [0, 0.05) is 10.4 Å². The van der Waals surface area contributed by atoms with E-state index in [1.165, 1.54) is 0 Å². The number of para-hydroxylation sites is 1. The fourth-order valence-electron chi connectivity index (χ4n) is 2.09. The van der Waals surface area contributed by atoms with Gasteiger partial charge >= 0.3 is 0 Å². The van der Waals surface area contributed by atoms with Crippen molar-refractivity contribution < 1.29 is 9.26 Å². The third-order valence-corrected chi connectivity index (χ3v) is 3.82. The van der Waals surface area contributed by atoms with Crippen LogP contribution in [0.5, 0.6) is 5.75 Å². The van der Waals surface area contributed by atoms with Gasteiger partial charge in [0.2, 0.25) is 5.88 Å². The summed E-state index contributed by atoms with van der Waals surface area (Å²) in [6, 6.07) is 11.7. The zero-order chi connectivity index (χ0) is 13.9. The summed E-state index contributed by atoms with van der Waals surface area (Å²) in [7, 11) is 0. The number of ether oxygens (including phenoxy) is 1. The molecule has 3 aromatic rings. The van der Waals surface area contributed by atoms with Gasteiger partial charge in [-0.05, 0) is 30.5 Å². The van der Waals surface area contributed by atoms with Crippen molar-refractivity contribution in [3.05, 3.63) is 41.8 Å². The molecule has 20 heavy (non-hydrogen) atoms. The van der Waals surface area contributed by atoms with E-state index in [0.29, 0.717) is 18.2 Å². The lowest BCUT2D eigenvalue weighted by Crippen LogP contribution is -1.94. The predicted octanol–water partition coefficient (Wildman–Crippen LogP) is 4.05. The summed E-state index contributed by atoms with van der Waals surface area (Å²) in [5.74, 6) is 1.11. The van der Waals surface area contributed by atoms with E-state index in [1.54, 1.807) is 11.3 Å². The lowest BCUT2D eigenvalue weighted by molar-refractivity contribution is 0.341. The normalized spacial score (nSPS) is 10.7. The second-order valence-corrected chi connectivity index (χ2v) is 5.12. The average molecular weight is 286 g/mol. The number of nitrogens with two attached hydrogens (primary N) is 1. The number of nitrogen functional groups attached to an aromatic ring is 1. The molecule has 102 valence electrons. The van der Waals surface area contributed by atoms with E-state index in [4.69, 9.17) is 15.0 Å². The maximum absolute atomic E-state index is 5.93. The Labute approximate surface area is 120 Å². The van der Waals surface area contributed by atoms with Crippen LogP contribution in [0.1, 0.15) is 6.92 Å². The standard InChI is InChI=1S/C15H14N2O2S/c1-2-18-11-7-4-3-6-10(11)14-13(15(16)19-17-14)12-8-5-9-20-12/h3-9H,2,16H2,1H3. The van der Waals surface area contributed by atoms with Crippen molar-refractivity contribution in [2.24, 2.45) is 0 Å². The summed E-state index contributed by atoms with van der Waals surface area (Å²) in [5.41, 5.74) is 8.36. The number of anilines is 1. The highest BCUT2D eigenvalue weighted by Crippen LogP contribution is 2.41. The molecule has 0 radical (unpaired) electrons. The van der Waals surface area contributed by atoms with Gasteiger partial charge in [0.15, 0.2) is 0 Å². The smallest absolute Gasteiger partial charge is 0.231 e. The molecule has 5 heteroatoms. The van der Waals surface area contributed by atoms with Crippen molar-refractivity contribution in [3.8, 4) is 27.4 Å². The minimum atomic E-state index is 0.328. The maximum Gasteiger partial charge on any atom is 0.231 e. The molecule has 0 aliphatic heterocycles. The lowest BCUT2D eigenvalue weighted by Gasteiger charge is -2.08. The Kier molecular flexibility index (Phi) is 3.43. The molecular weight excluding hydrogens is 272 g/mol. The third-order valence-electron chi connectivity index (χ3n) is 2.93. The molecule has 0 bridgehead atoms. The molecule has 1 aromatic carbocycles. The van der Waals surface area contributed by atoms with Gasteiger partial charge in [0.05, 0.1) is 12.2 Å². The van der Waals surface area contributed by atoms with Crippen LogP contribution in [0.3, 0.4) is 0 Å². The number of aromatic nitrogens is 1. The van der Waals surface area contributed by atoms with Gasteiger partial charge in [0.1, 0.15) is 11.4 Å². The quantitative estimate of drug-likeness (QED) is 0.786. The van der Waals surface area contributed by atoms with Gasteiger partial charge in [-0.25, -0.2) is 0 Å². The molecule has 0 amide bonds. The second kappa shape index (κ2) is 5.38. The van der Waals surface area contributed by atoms with Gasteiger partial charge < -0.3 is 15.0 Å². The topological polar surface area (TPSA) is 61.3 Å². The van der Waals surface area contributed by atoms with Crippen LogP contribution in [0, 0.1) is 0 Å². The minimum absolute atomic E-state index is 0.328. The molecule has 0 fully saturated rings. The Hall–Kier alpha value is -2.27. The zero-order valence-electron chi connectivity index (χ0n) is 11.0. The summed E-state index contributed by atoms with van der Waals surface area (Å²) in [6.07, 6.45) is 0. The molecule has 4 nitrogen and oxygen atoms in total. The maximum atomic E-state index is 5.93. The van der Waals surface area contributed by atoms with Crippen molar-refractivity contribution >= 4 is 17.2 Å². The molecule has 0 aliphatic carbocycles. The second-order valence-electron chi connectivity index (χ2n) is 4.18. The number of nitrogens with zero attached hydrogens (tertiary/aromatic N) is 1. The van der Waals surface area contributed by atoms with Crippen LogP contribution in [-0.2, 0) is 0 Å². The SMILES string of the molecule is CCOc1ccccc1-c1noc(N)c1-c1cccs1. The van der Waals surface area contributed by atoms with Crippen molar-refractivity contribution in [3.63, 3.8) is 0 Å². The van der Waals surface area contributed by atoms with Crippen LogP contribution in [0.25, 0.3) is 21.7 Å². The lowest BCUT2D eigenvalue weighted by atomic mass is 10.1. The van der Waals surface area contributed by atoms with Crippen molar-refractivity contribution in [1.82, 2.24) is 5.16 Å². The molecule has 2 N–H and O–H groups in total. The molecule has 0 saturated heterocycles. The van der Waals surface area contributed by atoms with Crippen LogP contribution in [0.15, 0.2) is 46.3 Å². The third kappa shape index (κ3) is 2.16. The zero-order valence-corrected chi connectivity index (χ0v) is 11.8. The van der Waals surface area contributed by atoms with Gasteiger partial charge in [-0.3, -0.25) is 0 Å². The van der Waals surface area contributed by atoms with E-state index in [-0.39, 0.29) is 0 Å². The molecule has 3 rings (SSSR count). The summed E-state index contributed by atoms with van der Waals surface area (Å²) >= 11 is 1.60. The van der Waals surface area contributed by atoms with Gasteiger partial charge in [-0.15, -0.1) is 11.3 Å². The Bertz CT molecular complexity index is 704. The van der Waals surface area contributed by atoms with Crippen LogP contribution in [0.4, 0.5) is 5.88 Å². The Morgan fingerprint density at radius 3 is 2.85 bits per heavy atom. The number of hydrogen-bond donors (Lipinski definition) is 1. The van der Waals surface area contributed by atoms with E-state index >= 15 is 0 Å². The number of rotatable bonds is 4. The van der Waals surface area contributed by atoms with E-state index in [1.807, 2.05) is 48.7 Å². The van der Waals surface area contributed by atoms with Crippen LogP contribution in [0.2, 0.25) is 0 Å². The fraction of sp³-hybridized carbons (Fsp3) is 0.133. The molecule has 0 aliphatic rings. The van der Waals surface area contributed by atoms with Crippen molar-refractivity contribution in [2.75, 3.05) is 12.3 Å². The summed E-state index contributed by atoms with van der Waals surface area (Å²) in [6.45, 7) is 2.55. The largest absolute Gasteiger partial charge is 0.493 e. The highest BCUT2D eigenvalue weighted by Gasteiger charge is 2.20. The summed E-state index contributed by atoms with van der Waals surface area (Å²) in [4.78, 5) is 1.03. The number of benzene rings is 1. The van der Waals surface area contributed by atoms with E-state index in [9.17, 15) is 0 Å². The first kappa shape index (κ1) is 12.7.